The van der Waals surface area contributed by atoms with Gasteiger partial charge in [0.1, 0.15) is 5.78 Å². The van der Waals surface area contributed by atoms with Crippen molar-refractivity contribution >= 4 is 5.78 Å². The van der Waals surface area contributed by atoms with Gasteiger partial charge in [0.25, 0.3) is 0 Å². The topological polar surface area (TPSA) is 57.5 Å². The van der Waals surface area contributed by atoms with Crippen LogP contribution in [-0.2, 0) is 4.79 Å². The van der Waals surface area contributed by atoms with E-state index in [1.165, 1.54) is 0 Å². The van der Waals surface area contributed by atoms with E-state index in [0.29, 0.717) is 29.5 Å². The van der Waals surface area contributed by atoms with Crippen LogP contribution >= 0.6 is 0 Å². The minimum atomic E-state index is -0.274. The third-order valence-corrected chi connectivity index (χ3v) is 8.36. The largest absolute Gasteiger partial charge is 0.393 e. The predicted octanol–water partition coefficient (Wildman–Crippen LogP) is 2.93. The zero-order chi connectivity index (χ0) is 15.7. The Bertz CT molecular complexity index is 489. The second-order valence-corrected chi connectivity index (χ2v) is 9.14. The molecule has 0 bridgehead atoms. The number of fused-ring (bicyclic) bond motifs is 5. The van der Waals surface area contributed by atoms with Crippen molar-refractivity contribution in [2.45, 2.75) is 77.4 Å². The number of hydrogen-bond donors (Lipinski definition) is 2. The highest BCUT2D eigenvalue weighted by atomic mass is 16.3. The molecule has 22 heavy (non-hydrogen) atoms. The molecule has 3 nitrogen and oxygen atoms in total. The minimum Gasteiger partial charge on any atom is -0.393 e. The maximum absolute atomic E-state index is 12.4. The summed E-state index contributed by atoms with van der Waals surface area (Å²) in [5.41, 5.74) is 0.0929. The summed E-state index contributed by atoms with van der Waals surface area (Å²) in [5, 5.41) is 20.9. The first-order valence-corrected chi connectivity index (χ1v) is 9.25. The van der Waals surface area contributed by atoms with E-state index in [2.05, 4.69) is 13.8 Å². The van der Waals surface area contributed by atoms with Crippen molar-refractivity contribution in [3.63, 3.8) is 0 Å². The third kappa shape index (κ3) is 1.84. The van der Waals surface area contributed by atoms with Crippen LogP contribution in [0.1, 0.15) is 65.2 Å². The van der Waals surface area contributed by atoms with E-state index < -0.39 is 0 Å². The average molecular weight is 306 g/mol. The molecule has 0 spiro atoms. The van der Waals surface area contributed by atoms with E-state index in [0.717, 1.165) is 51.4 Å². The molecule has 0 aromatic heterocycles. The van der Waals surface area contributed by atoms with Crippen LogP contribution in [-0.4, -0.2) is 28.2 Å². The Morgan fingerprint density at radius 1 is 1.00 bits per heavy atom. The van der Waals surface area contributed by atoms with Crippen molar-refractivity contribution in [1.82, 2.24) is 0 Å². The molecule has 2 N–H and O–H groups in total. The van der Waals surface area contributed by atoms with Gasteiger partial charge in [-0.05, 0) is 74.0 Å². The first kappa shape index (κ1) is 15.1. The summed E-state index contributed by atoms with van der Waals surface area (Å²) in [4.78, 5) is 12.4. The SMILES string of the molecule is CC12CCC3C(C(O)C[C@H]4C[C@@H](O)CCC34C)C1CCC2=O. The Hall–Kier alpha value is -0.410. The molecule has 0 aliphatic heterocycles. The molecular weight excluding hydrogens is 276 g/mol. The monoisotopic (exact) mass is 306 g/mol. The quantitative estimate of drug-likeness (QED) is 0.723. The molecular formula is C19H30O3. The molecule has 4 fully saturated rings. The Morgan fingerprint density at radius 2 is 1.77 bits per heavy atom. The summed E-state index contributed by atoms with van der Waals surface area (Å²) >= 11 is 0. The van der Waals surface area contributed by atoms with Gasteiger partial charge in [0, 0.05) is 11.8 Å². The third-order valence-electron chi connectivity index (χ3n) is 8.36. The number of carbonyl (C=O) groups excluding carboxylic acids is 1. The average Bonchev–Trinajstić information content (AvgIpc) is 2.77. The summed E-state index contributed by atoms with van der Waals surface area (Å²) in [5.74, 6) is 2.13. The van der Waals surface area contributed by atoms with Crippen molar-refractivity contribution in [2.24, 2.45) is 34.5 Å². The predicted molar refractivity (Wildman–Crippen MR) is 84.1 cm³/mol. The highest BCUT2D eigenvalue weighted by Gasteiger charge is 2.62. The highest BCUT2D eigenvalue weighted by molar-refractivity contribution is 5.87. The fraction of sp³-hybridized carbons (Fsp3) is 0.947. The molecule has 4 rings (SSSR count). The van der Waals surface area contributed by atoms with Crippen LogP contribution in [0.2, 0.25) is 0 Å². The standard InChI is InChI=1S/C19H30O3/c1-18-7-5-12(20)9-11(18)10-15(21)17-13-3-4-16(22)19(13,2)8-6-14(17)18/h11-15,17,20-21H,3-10H2,1-2H3/t11-,12+,13?,14?,15?,17?,18?,19?/m1/s1. The summed E-state index contributed by atoms with van der Waals surface area (Å²) in [6.45, 7) is 4.57. The van der Waals surface area contributed by atoms with Crippen molar-refractivity contribution in [2.75, 3.05) is 0 Å². The normalized spacial score (nSPS) is 57.9. The van der Waals surface area contributed by atoms with E-state index in [-0.39, 0.29) is 23.0 Å². The number of Topliss-reactive ketones (excluding diaryl/α,β-unsaturated/α-hetero) is 1. The van der Waals surface area contributed by atoms with Crippen molar-refractivity contribution in [3.05, 3.63) is 0 Å². The van der Waals surface area contributed by atoms with E-state index in [1.54, 1.807) is 0 Å². The van der Waals surface area contributed by atoms with Crippen molar-refractivity contribution in [3.8, 4) is 0 Å². The molecule has 0 aromatic rings. The number of aliphatic hydroxyl groups is 2. The van der Waals surface area contributed by atoms with Gasteiger partial charge >= 0.3 is 0 Å². The smallest absolute Gasteiger partial charge is 0.139 e. The van der Waals surface area contributed by atoms with Crippen molar-refractivity contribution in [1.29, 1.82) is 0 Å². The van der Waals surface area contributed by atoms with E-state index >= 15 is 0 Å². The van der Waals surface area contributed by atoms with Crippen molar-refractivity contribution < 1.29 is 15.0 Å². The highest BCUT2D eigenvalue weighted by Crippen LogP contribution is 2.65. The zero-order valence-corrected chi connectivity index (χ0v) is 13.9. The molecule has 0 saturated heterocycles. The number of rotatable bonds is 0. The van der Waals surface area contributed by atoms with E-state index in [1.807, 2.05) is 0 Å². The molecule has 4 saturated carbocycles. The summed E-state index contributed by atoms with van der Waals surface area (Å²) in [7, 11) is 0. The van der Waals surface area contributed by atoms with Crippen LogP contribution in [0.5, 0.6) is 0 Å². The van der Waals surface area contributed by atoms with Crippen LogP contribution < -0.4 is 0 Å². The van der Waals surface area contributed by atoms with Gasteiger partial charge in [0.2, 0.25) is 0 Å². The lowest BCUT2D eigenvalue weighted by Crippen LogP contribution is -2.58. The second-order valence-electron chi connectivity index (χ2n) is 9.14. The maximum atomic E-state index is 12.4. The molecule has 8 atom stereocenters. The Labute approximate surface area is 133 Å². The molecule has 124 valence electrons. The molecule has 4 aliphatic rings. The van der Waals surface area contributed by atoms with Crippen LogP contribution in [0.3, 0.4) is 0 Å². The lowest BCUT2D eigenvalue weighted by atomic mass is 9.44. The summed E-state index contributed by atoms with van der Waals surface area (Å²) in [6.07, 6.45) is 7.03. The van der Waals surface area contributed by atoms with Gasteiger partial charge in [-0.25, -0.2) is 0 Å². The number of aliphatic hydroxyl groups excluding tert-OH is 2. The van der Waals surface area contributed by atoms with E-state index in [4.69, 9.17) is 0 Å². The number of ketones is 1. The first-order valence-electron chi connectivity index (χ1n) is 9.25. The van der Waals surface area contributed by atoms with E-state index in [9.17, 15) is 15.0 Å². The van der Waals surface area contributed by atoms with Gasteiger partial charge in [-0.2, -0.15) is 0 Å². The molecule has 0 heterocycles. The van der Waals surface area contributed by atoms with Gasteiger partial charge in [-0.3, -0.25) is 4.79 Å². The lowest BCUT2D eigenvalue weighted by molar-refractivity contribution is -0.171. The minimum absolute atomic E-state index is 0.167. The fourth-order valence-corrected chi connectivity index (χ4v) is 6.97. The number of carbonyl (C=O) groups is 1. The van der Waals surface area contributed by atoms with Crippen LogP contribution in [0, 0.1) is 34.5 Å². The lowest BCUT2D eigenvalue weighted by Gasteiger charge is -2.61. The van der Waals surface area contributed by atoms with Crippen LogP contribution in [0.25, 0.3) is 0 Å². The molecule has 6 unspecified atom stereocenters. The number of hydrogen-bond acceptors (Lipinski definition) is 3. The van der Waals surface area contributed by atoms with Crippen LogP contribution in [0.15, 0.2) is 0 Å². The fourth-order valence-electron chi connectivity index (χ4n) is 6.97. The van der Waals surface area contributed by atoms with Gasteiger partial charge in [-0.1, -0.05) is 13.8 Å². The molecule has 3 heteroatoms. The van der Waals surface area contributed by atoms with Gasteiger partial charge < -0.3 is 10.2 Å². The van der Waals surface area contributed by atoms with Gasteiger partial charge in [0.15, 0.2) is 0 Å². The molecule has 0 amide bonds. The molecule has 0 radical (unpaired) electrons. The zero-order valence-electron chi connectivity index (χ0n) is 13.9. The van der Waals surface area contributed by atoms with Gasteiger partial charge in [0.05, 0.1) is 12.2 Å². The Balaban J connectivity index is 1.69. The molecule has 0 aromatic carbocycles. The van der Waals surface area contributed by atoms with Gasteiger partial charge in [-0.15, -0.1) is 0 Å². The van der Waals surface area contributed by atoms with Crippen LogP contribution in [0.4, 0.5) is 0 Å². The first-order chi connectivity index (χ1) is 10.4. The Kier molecular flexibility index (Phi) is 3.30. The maximum Gasteiger partial charge on any atom is 0.139 e. The second kappa shape index (κ2) is 4.80. The summed E-state index contributed by atoms with van der Waals surface area (Å²) < 4.78 is 0. The Morgan fingerprint density at radius 3 is 2.55 bits per heavy atom. The summed E-state index contributed by atoms with van der Waals surface area (Å²) in [6, 6.07) is 0. The molecule has 4 aliphatic carbocycles.